The molecule has 90 valence electrons. The molecular formula is C15H13ClN2. The molecule has 0 aliphatic carbocycles. The van der Waals surface area contributed by atoms with Crippen molar-refractivity contribution in [2.45, 2.75) is 13.0 Å². The van der Waals surface area contributed by atoms with E-state index in [9.17, 15) is 0 Å². The Hall–Kier alpha value is -1.98. The summed E-state index contributed by atoms with van der Waals surface area (Å²) in [6.45, 7) is 2.04. The lowest BCUT2D eigenvalue weighted by Crippen LogP contribution is -2.07. The molecule has 2 aromatic rings. The van der Waals surface area contributed by atoms with Gasteiger partial charge in [0.15, 0.2) is 0 Å². The van der Waals surface area contributed by atoms with Crippen molar-refractivity contribution in [1.29, 1.82) is 5.26 Å². The van der Waals surface area contributed by atoms with Gasteiger partial charge in [0, 0.05) is 6.04 Å². The van der Waals surface area contributed by atoms with Gasteiger partial charge in [0.25, 0.3) is 0 Å². The summed E-state index contributed by atoms with van der Waals surface area (Å²) in [6, 6.07) is 17.4. The van der Waals surface area contributed by atoms with Gasteiger partial charge in [0.1, 0.15) is 0 Å². The molecular weight excluding hydrogens is 244 g/mol. The monoisotopic (exact) mass is 256 g/mol. The van der Waals surface area contributed by atoms with Crippen molar-refractivity contribution < 1.29 is 0 Å². The van der Waals surface area contributed by atoms with Crippen LogP contribution in [-0.4, -0.2) is 0 Å². The molecule has 1 atom stereocenters. The van der Waals surface area contributed by atoms with Crippen molar-refractivity contribution >= 4 is 17.3 Å². The summed E-state index contributed by atoms with van der Waals surface area (Å²) in [7, 11) is 0. The molecule has 0 aliphatic rings. The zero-order valence-corrected chi connectivity index (χ0v) is 10.8. The minimum atomic E-state index is 0.0956. The van der Waals surface area contributed by atoms with E-state index in [2.05, 4.69) is 11.4 Å². The van der Waals surface area contributed by atoms with Crippen molar-refractivity contribution in [2.24, 2.45) is 0 Å². The Balaban J connectivity index is 2.20. The highest BCUT2D eigenvalue weighted by atomic mass is 35.5. The SMILES string of the molecule is CC(Nc1ccccc1Cl)c1cccc(C#N)c1. The van der Waals surface area contributed by atoms with Crippen LogP contribution in [0.2, 0.25) is 5.02 Å². The normalized spacial score (nSPS) is 11.6. The summed E-state index contributed by atoms with van der Waals surface area (Å²) in [5, 5.41) is 12.9. The van der Waals surface area contributed by atoms with Crippen LogP contribution in [0.5, 0.6) is 0 Å². The Morgan fingerprint density at radius 3 is 2.67 bits per heavy atom. The molecule has 0 bridgehead atoms. The highest BCUT2D eigenvalue weighted by Gasteiger charge is 2.07. The maximum Gasteiger partial charge on any atom is 0.0991 e. The van der Waals surface area contributed by atoms with Crippen LogP contribution in [0.1, 0.15) is 24.1 Å². The van der Waals surface area contributed by atoms with Gasteiger partial charge in [-0.15, -0.1) is 0 Å². The molecule has 2 nitrogen and oxygen atoms in total. The topological polar surface area (TPSA) is 35.8 Å². The maximum absolute atomic E-state index is 8.89. The lowest BCUT2D eigenvalue weighted by Gasteiger charge is -2.16. The average molecular weight is 257 g/mol. The first-order chi connectivity index (χ1) is 8.70. The van der Waals surface area contributed by atoms with E-state index in [4.69, 9.17) is 16.9 Å². The Labute approximate surface area is 112 Å². The van der Waals surface area contributed by atoms with Crippen LogP contribution >= 0.6 is 11.6 Å². The van der Waals surface area contributed by atoms with E-state index in [1.165, 1.54) is 0 Å². The summed E-state index contributed by atoms with van der Waals surface area (Å²) in [6.07, 6.45) is 0. The quantitative estimate of drug-likeness (QED) is 0.884. The van der Waals surface area contributed by atoms with Gasteiger partial charge in [-0.25, -0.2) is 0 Å². The summed E-state index contributed by atoms with van der Waals surface area (Å²) < 4.78 is 0. The molecule has 0 aromatic heterocycles. The van der Waals surface area contributed by atoms with Crippen molar-refractivity contribution in [2.75, 3.05) is 5.32 Å². The first-order valence-corrected chi connectivity index (χ1v) is 6.09. The van der Waals surface area contributed by atoms with Crippen LogP contribution in [0, 0.1) is 11.3 Å². The summed E-state index contributed by atoms with van der Waals surface area (Å²) in [5.41, 5.74) is 2.63. The van der Waals surface area contributed by atoms with Crippen LogP contribution in [0.25, 0.3) is 0 Å². The Bertz CT molecular complexity index is 587. The van der Waals surface area contributed by atoms with E-state index in [0.29, 0.717) is 10.6 Å². The number of para-hydroxylation sites is 1. The zero-order chi connectivity index (χ0) is 13.0. The minimum absolute atomic E-state index is 0.0956. The summed E-state index contributed by atoms with van der Waals surface area (Å²) in [5.74, 6) is 0. The molecule has 2 aromatic carbocycles. The van der Waals surface area contributed by atoms with E-state index in [1.807, 2.05) is 49.4 Å². The fraction of sp³-hybridized carbons (Fsp3) is 0.133. The lowest BCUT2D eigenvalue weighted by atomic mass is 10.1. The zero-order valence-electron chi connectivity index (χ0n) is 10.0. The minimum Gasteiger partial charge on any atom is -0.377 e. The van der Waals surface area contributed by atoms with E-state index < -0.39 is 0 Å². The third kappa shape index (κ3) is 2.82. The largest absolute Gasteiger partial charge is 0.377 e. The molecule has 0 fully saturated rings. The number of hydrogen-bond acceptors (Lipinski definition) is 2. The van der Waals surface area contributed by atoms with E-state index >= 15 is 0 Å². The summed E-state index contributed by atoms with van der Waals surface area (Å²) in [4.78, 5) is 0. The molecule has 0 spiro atoms. The number of rotatable bonds is 3. The van der Waals surface area contributed by atoms with Crippen molar-refractivity contribution in [3.05, 3.63) is 64.7 Å². The molecule has 0 radical (unpaired) electrons. The van der Waals surface area contributed by atoms with Crippen molar-refractivity contribution in [1.82, 2.24) is 0 Å². The van der Waals surface area contributed by atoms with Gasteiger partial charge in [0.2, 0.25) is 0 Å². The van der Waals surface area contributed by atoms with E-state index in [0.717, 1.165) is 11.3 Å². The van der Waals surface area contributed by atoms with Gasteiger partial charge in [0.05, 0.1) is 22.3 Å². The molecule has 0 amide bonds. The van der Waals surface area contributed by atoms with Gasteiger partial charge in [-0.2, -0.15) is 5.26 Å². The molecule has 3 heteroatoms. The number of nitrogens with zero attached hydrogens (tertiary/aromatic N) is 1. The first-order valence-electron chi connectivity index (χ1n) is 5.72. The fourth-order valence-electron chi connectivity index (χ4n) is 1.77. The predicted octanol–water partition coefficient (Wildman–Crippen LogP) is 4.38. The second-order valence-corrected chi connectivity index (χ2v) is 4.49. The summed E-state index contributed by atoms with van der Waals surface area (Å²) >= 11 is 6.10. The first kappa shape index (κ1) is 12.5. The Morgan fingerprint density at radius 2 is 1.94 bits per heavy atom. The van der Waals surface area contributed by atoms with Gasteiger partial charge < -0.3 is 5.32 Å². The fourth-order valence-corrected chi connectivity index (χ4v) is 1.96. The maximum atomic E-state index is 8.89. The van der Waals surface area contributed by atoms with Crippen LogP contribution < -0.4 is 5.32 Å². The van der Waals surface area contributed by atoms with Gasteiger partial charge in [-0.3, -0.25) is 0 Å². The third-order valence-corrected chi connectivity index (χ3v) is 3.09. The molecule has 0 heterocycles. The van der Waals surface area contributed by atoms with Crippen molar-refractivity contribution in [3.8, 4) is 6.07 Å². The Morgan fingerprint density at radius 1 is 1.17 bits per heavy atom. The molecule has 1 unspecified atom stereocenters. The smallest absolute Gasteiger partial charge is 0.0991 e. The highest BCUT2D eigenvalue weighted by molar-refractivity contribution is 6.33. The second-order valence-electron chi connectivity index (χ2n) is 4.08. The van der Waals surface area contributed by atoms with Gasteiger partial charge >= 0.3 is 0 Å². The molecule has 1 N–H and O–H groups in total. The molecule has 18 heavy (non-hydrogen) atoms. The van der Waals surface area contributed by atoms with Gasteiger partial charge in [-0.05, 0) is 36.8 Å². The number of benzene rings is 2. The number of nitrogens with one attached hydrogen (secondary N) is 1. The Kier molecular flexibility index (Phi) is 3.86. The van der Waals surface area contributed by atoms with E-state index in [1.54, 1.807) is 6.07 Å². The lowest BCUT2D eigenvalue weighted by molar-refractivity contribution is 0.884. The van der Waals surface area contributed by atoms with Crippen LogP contribution in [0.3, 0.4) is 0 Å². The number of nitriles is 1. The number of halogens is 1. The average Bonchev–Trinajstić information content (AvgIpc) is 2.41. The number of anilines is 1. The van der Waals surface area contributed by atoms with Crippen LogP contribution in [0.4, 0.5) is 5.69 Å². The second kappa shape index (κ2) is 5.57. The van der Waals surface area contributed by atoms with E-state index in [-0.39, 0.29) is 6.04 Å². The predicted molar refractivity (Wildman–Crippen MR) is 74.6 cm³/mol. The highest BCUT2D eigenvalue weighted by Crippen LogP contribution is 2.25. The van der Waals surface area contributed by atoms with Gasteiger partial charge in [-0.1, -0.05) is 35.9 Å². The standard InChI is InChI=1S/C15H13ClN2/c1-11(13-6-4-5-12(9-13)10-17)18-15-8-3-2-7-14(15)16/h2-9,11,18H,1H3. The van der Waals surface area contributed by atoms with Crippen LogP contribution in [0.15, 0.2) is 48.5 Å². The molecule has 0 aliphatic heterocycles. The van der Waals surface area contributed by atoms with Crippen LogP contribution in [-0.2, 0) is 0 Å². The number of hydrogen-bond donors (Lipinski definition) is 1. The third-order valence-electron chi connectivity index (χ3n) is 2.76. The molecule has 0 saturated carbocycles. The van der Waals surface area contributed by atoms with Crippen molar-refractivity contribution in [3.63, 3.8) is 0 Å². The molecule has 0 saturated heterocycles. The molecule has 2 rings (SSSR count).